The lowest BCUT2D eigenvalue weighted by Gasteiger charge is -2.27. The fourth-order valence-electron chi connectivity index (χ4n) is 7.37. The van der Waals surface area contributed by atoms with E-state index >= 15 is 0 Å². The van der Waals surface area contributed by atoms with Crippen LogP contribution in [0.2, 0.25) is 0 Å². The number of carboxylic acid groups (broad SMARTS) is 1. The van der Waals surface area contributed by atoms with Gasteiger partial charge in [-0.3, -0.25) is 4.79 Å². The van der Waals surface area contributed by atoms with Crippen LogP contribution in [0.4, 0.5) is 11.4 Å². The van der Waals surface area contributed by atoms with Gasteiger partial charge in [-0.25, -0.2) is 16.8 Å². The van der Waals surface area contributed by atoms with Crippen LogP contribution in [0.1, 0.15) is 70.9 Å². The molecular formula is C38H45N2O8S3-. The van der Waals surface area contributed by atoms with Crippen molar-refractivity contribution in [2.45, 2.75) is 70.6 Å². The monoisotopic (exact) mass is 753 g/mol. The number of rotatable bonds is 15. The molecule has 2 aliphatic heterocycles. The number of anilines is 1. The summed E-state index contributed by atoms with van der Waals surface area (Å²) in [7, 11) is -8.70. The Kier molecular flexibility index (Phi) is 11.6. The first-order valence-corrected chi connectivity index (χ1v) is 21.2. The predicted octanol–water partition coefficient (Wildman–Crippen LogP) is 6.35. The number of carboxylic acids is 1. The number of nitrogens with zero attached hydrogens (tertiary/aromatic N) is 2. The molecule has 0 bridgehead atoms. The molecule has 0 saturated carbocycles. The van der Waals surface area contributed by atoms with E-state index in [-0.39, 0.29) is 30.1 Å². The van der Waals surface area contributed by atoms with Gasteiger partial charge in [0.25, 0.3) is 0 Å². The first-order chi connectivity index (χ1) is 23.9. The van der Waals surface area contributed by atoms with Crippen LogP contribution in [0, 0.1) is 0 Å². The summed E-state index contributed by atoms with van der Waals surface area (Å²) in [6.45, 7) is 9.23. The van der Waals surface area contributed by atoms with Crippen LogP contribution in [0.5, 0.6) is 0 Å². The van der Waals surface area contributed by atoms with Crippen molar-refractivity contribution < 1.29 is 40.4 Å². The molecule has 0 atom stereocenters. The van der Waals surface area contributed by atoms with Gasteiger partial charge in [0.2, 0.25) is 5.69 Å². The molecule has 51 heavy (non-hydrogen) atoms. The normalized spacial score (nSPS) is 19.9. The highest BCUT2D eigenvalue weighted by Crippen LogP contribution is 2.48. The molecule has 1 N–H and O–H groups in total. The van der Waals surface area contributed by atoms with Crippen LogP contribution in [0.25, 0.3) is 0 Å². The Balaban J connectivity index is 1.52. The second-order valence-electron chi connectivity index (χ2n) is 14.1. The highest BCUT2D eigenvalue weighted by Gasteiger charge is 2.44. The maximum Gasteiger partial charge on any atom is 0.304 e. The van der Waals surface area contributed by atoms with E-state index in [0.717, 1.165) is 62.8 Å². The van der Waals surface area contributed by atoms with Gasteiger partial charge >= 0.3 is 5.97 Å². The maximum atomic E-state index is 11.5. The molecule has 0 radical (unpaired) electrons. The van der Waals surface area contributed by atoms with Gasteiger partial charge < -0.3 is 19.1 Å². The molecule has 10 nitrogen and oxygen atoms in total. The van der Waals surface area contributed by atoms with E-state index in [1.54, 1.807) is 0 Å². The molecule has 0 aromatic heterocycles. The minimum absolute atomic E-state index is 0.00832. The van der Waals surface area contributed by atoms with Gasteiger partial charge in [-0.05, 0) is 62.0 Å². The zero-order valence-corrected chi connectivity index (χ0v) is 31.9. The topological polar surface area (TPSA) is 158 Å². The standard InChI is InChI=1S/C38H46N2O8S3/c1-37(2)29-11-5-7-13-31(29)39(22-9-25-50(43,44)45)33(37)19-17-27-15-16-28(36(27)49-24-21-35(41)42)18-20-34-38(3,4)30-12-6-8-14-32(30)40(34)23-10-26-51(46,47)48/h5-8,11-14,17-20H,9-10,15-16,21-26H2,1-4H3,(H2-,41,42,43,44,45,46,47,48)/p-1. The van der Waals surface area contributed by atoms with E-state index in [4.69, 9.17) is 0 Å². The zero-order valence-electron chi connectivity index (χ0n) is 29.4. The Hall–Kier alpha value is -3.49. The number of para-hydroxylation sites is 2. The van der Waals surface area contributed by atoms with Crippen LogP contribution in [0.15, 0.2) is 94.6 Å². The average molecular weight is 754 g/mol. The van der Waals surface area contributed by atoms with E-state index < -0.39 is 37.7 Å². The third-order valence-corrected chi connectivity index (χ3v) is 12.6. The summed E-state index contributed by atoms with van der Waals surface area (Å²) in [5, 5.41) is 9.40. The smallest absolute Gasteiger partial charge is 0.304 e. The summed E-state index contributed by atoms with van der Waals surface area (Å²) < 4.78 is 70.5. The maximum absolute atomic E-state index is 11.5. The molecule has 5 rings (SSSR count). The summed E-state index contributed by atoms with van der Waals surface area (Å²) in [5.74, 6) is -1.37. The van der Waals surface area contributed by atoms with Crippen LogP contribution in [0.3, 0.4) is 0 Å². The summed E-state index contributed by atoms with van der Waals surface area (Å²) in [6, 6.07) is 16.0. The summed E-state index contributed by atoms with van der Waals surface area (Å²) in [4.78, 5) is 14.6. The third kappa shape index (κ3) is 8.94. The van der Waals surface area contributed by atoms with E-state index in [1.165, 1.54) is 11.8 Å². The second kappa shape index (κ2) is 15.2. The quantitative estimate of drug-likeness (QED) is 0.160. The number of thioether (sulfide) groups is 1. The lowest BCUT2D eigenvalue weighted by atomic mass is 9.81. The van der Waals surface area contributed by atoms with Crippen molar-refractivity contribution >= 4 is 55.1 Å². The van der Waals surface area contributed by atoms with Crippen molar-refractivity contribution in [3.8, 4) is 0 Å². The van der Waals surface area contributed by atoms with Crippen LogP contribution >= 0.6 is 11.8 Å². The Bertz CT molecular complexity index is 2070. The third-order valence-electron chi connectivity index (χ3n) is 9.84. The molecule has 2 aromatic rings. The van der Waals surface area contributed by atoms with Crippen molar-refractivity contribution in [2.24, 2.45) is 0 Å². The van der Waals surface area contributed by atoms with Gasteiger partial charge in [0.1, 0.15) is 6.54 Å². The lowest BCUT2D eigenvalue weighted by molar-refractivity contribution is -0.437. The van der Waals surface area contributed by atoms with Crippen LogP contribution < -0.4 is 4.90 Å². The number of allylic oxidation sites excluding steroid dienone is 7. The fourth-order valence-corrected chi connectivity index (χ4v) is 9.53. The molecule has 1 aliphatic carbocycles. The minimum atomic E-state index is -4.35. The number of aliphatic carboxylic acids is 1. The second-order valence-corrected chi connectivity index (χ2v) is 18.3. The molecule has 2 heterocycles. The molecule has 0 unspecified atom stereocenters. The first-order valence-electron chi connectivity index (χ1n) is 17.1. The van der Waals surface area contributed by atoms with Gasteiger partial charge in [-0.1, -0.05) is 62.4 Å². The average Bonchev–Trinajstić information content (AvgIpc) is 3.59. The van der Waals surface area contributed by atoms with Crippen molar-refractivity contribution in [1.29, 1.82) is 0 Å². The highest BCUT2D eigenvalue weighted by molar-refractivity contribution is 8.03. The molecule has 13 heteroatoms. The first kappa shape index (κ1) is 38.7. The number of hydrogen-bond acceptors (Lipinski definition) is 9. The van der Waals surface area contributed by atoms with Crippen molar-refractivity contribution in [2.75, 3.05) is 35.2 Å². The van der Waals surface area contributed by atoms with Crippen LogP contribution in [-0.4, -0.2) is 77.7 Å². The SMILES string of the molecule is CC1(C)C(/C=C/C2=C(SCCC(=O)O)C(=C/C=C3/N(CCCS(=O)(=O)[O-])c4ccccc4C3(C)C)/CC2)=[N+](CCCS(=O)(=O)[O-])c2ccccc21. The Morgan fingerprint density at radius 2 is 1.53 bits per heavy atom. The van der Waals surface area contributed by atoms with E-state index in [1.807, 2.05) is 36.4 Å². The van der Waals surface area contributed by atoms with Crippen molar-refractivity contribution in [1.82, 2.24) is 0 Å². The molecular weight excluding hydrogens is 709 g/mol. The predicted molar refractivity (Wildman–Crippen MR) is 201 cm³/mol. The molecule has 274 valence electrons. The van der Waals surface area contributed by atoms with Crippen molar-refractivity contribution in [3.05, 3.63) is 106 Å². The summed E-state index contributed by atoms with van der Waals surface area (Å²) >= 11 is 1.51. The molecule has 0 amide bonds. The summed E-state index contributed by atoms with van der Waals surface area (Å²) in [6.07, 6.45) is 10.2. The zero-order chi connectivity index (χ0) is 37.2. The Morgan fingerprint density at radius 3 is 2.22 bits per heavy atom. The molecule has 0 spiro atoms. The number of fused-ring (bicyclic) bond motifs is 2. The van der Waals surface area contributed by atoms with E-state index in [9.17, 15) is 35.8 Å². The Morgan fingerprint density at radius 1 is 0.882 bits per heavy atom. The molecule has 2 aromatic carbocycles. The van der Waals surface area contributed by atoms with Gasteiger partial charge in [0, 0.05) is 69.6 Å². The highest BCUT2D eigenvalue weighted by atomic mass is 32.2. The van der Waals surface area contributed by atoms with E-state index in [2.05, 4.69) is 73.6 Å². The Labute approximate surface area is 305 Å². The largest absolute Gasteiger partial charge is 0.748 e. The van der Waals surface area contributed by atoms with Crippen molar-refractivity contribution in [3.63, 3.8) is 0 Å². The lowest BCUT2D eigenvalue weighted by Crippen LogP contribution is -2.28. The number of benzene rings is 2. The fraction of sp³-hybridized carbons (Fsp3) is 0.421. The number of carbonyl (C=O) groups is 1. The van der Waals surface area contributed by atoms with Gasteiger partial charge in [0.15, 0.2) is 5.71 Å². The molecule has 3 aliphatic rings. The van der Waals surface area contributed by atoms with E-state index in [0.29, 0.717) is 18.8 Å². The van der Waals surface area contributed by atoms with Gasteiger partial charge in [0.05, 0.1) is 32.1 Å². The molecule has 0 fully saturated rings. The summed E-state index contributed by atoms with van der Waals surface area (Å²) in [5.41, 5.74) is 7.50. The van der Waals surface area contributed by atoms with Gasteiger partial charge in [-0.2, -0.15) is 4.58 Å². The molecule has 0 saturated heterocycles. The minimum Gasteiger partial charge on any atom is -0.748 e. The van der Waals surface area contributed by atoms with Crippen LogP contribution in [-0.2, 0) is 35.9 Å². The number of hydrogen-bond donors (Lipinski definition) is 1. The van der Waals surface area contributed by atoms with Gasteiger partial charge in [-0.15, -0.1) is 11.8 Å².